The van der Waals surface area contributed by atoms with E-state index in [0.717, 1.165) is 11.4 Å². The van der Waals surface area contributed by atoms with Gasteiger partial charge in [0.1, 0.15) is 21.6 Å². The van der Waals surface area contributed by atoms with Gasteiger partial charge in [-0.2, -0.15) is 16.8 Å². The number of allylic oxidation sites excluding steroid dienone is 5. The van der Waals surface area contributed by atoms with E-state index in [4.69, 9.17) is 0 Å². The van der Waals surface area contributed by atoms with Gasteiger partial charge in [-0.25, -0.2) is 13.0 Å². The molecule has 15 heteroatoms. The number of benzene rings is 4. The Morgan fingerprint density at radius 1 is 0.712 bits per heavy atom. The molecule has 0 spiro atoms. The standard InChI is InChI=1S/C37H36N2O9S3.Na/c1-3-38(25-27-9-7-11-33(23-27)49(40,41)42)31-19-15-29(16-20-31)37(35-13-5-6-14-36(35)51(46,47)48)30-17-21-32(22-18-30)39(4-2)26-28-10-8-12-34(24-28)50(43,44)45;/h5-24H,3-4,25-26H2,1-2H3,(H2-,40,41,42,43,44,45,46,47,48);. The topological polar surface area (TPSA) is 172 Å². The van der Waals surface area contributed by atoms with Gasteiger partial charge in [-0.3, -0.25) is 9.11 Å². The maximum Gasteiger partial charge on any atom is 0.295 e. The molecule has 1 aliphatic carbocycles. The number of anilines is 1. The van der Waals surface area contributed by atoms with Crippen molar-refractivity contribution >= 4 is 76.9 Å². The van der Waals surface area contributed by atoms with E-state index < -0.39 is 30.4 Å². The smallest absolute Gasteiger partial charge is 0.295 e. The van der Waals surface area contributed by atoms with Gasteiger partial charge in [0.05, 0.1) is 9.79 Å². The van der Waals surface area contributed by atoms with Gasteiger partial charge in [-0.1, -0.05) is 54.6 Å². The van der Waals surface area contributed by atoms with Crippen LogP contribution in [0.5, 0.6) is 0 Å². The van der Waals surface area contributed by atoms with E-state index in [-0.39, 0.29) is 49.8 Å². The van der Waals surface area contributed by atoms with Crippen LogP contribution in [0.25, 0.3) is 5.57 Å². The summed E-state index contributed by atoms with van der Waals surface area (Å²) in [5, 5.41) is 0. The first-order chi connectivity index (χ1) is 24.1. The monoisotopic (exact) mass is 771 g/mol. The Kier molecular flexibility index (Phi) is 13.4. The van der Waals surface area contributed by atoms with Crippen molar-refractivity contribution in [3.05, 3.63) is 149 Å². The average molecular weight is 772 g/mol. The molecule has 11 nitrogen and oxygen atoms in total. The second-order valence-electron chi connectivity index (χ2n) is 11.7. The van der Waals surface area contributed by atoms with Crippen LogP contribution < -0.4 is 4.90 Å². The van der Waals surface area contributed by atoms with Crippen LogP contribution in [0.2, 0.25) is 0 Å². The van der Waals surface area contributed by atoms with Crippen molar-refractivity contribution in [2.75, 3.05) is 18.0 Å². The first-order valence-corrected chi connectivity index (χ1v) is 20.1. The largest absolute Gasteiger partial charge is 0.744 e. The zero-order chi connectivity index (χ0) is 37.0. The summed E-state index contributed by atoms with van der Waals surface area (Å²) < 4.78 is 105. The molecule has 0 atom stereocenters. The molecule has 0 fully saturated rings. The minimum atomic E-state index is -4.61. The third-order valence-electron chi connectivity index (χ3n) is 8.37. The fourth-order valence-corrected chi connectivity index (χ4v) is 7.66. The zero-order valence-electron chi connectivity index (χ0n) is 28.7. The normalized spacial score (nSPS) is 13.1. The maximum atomic E-state index is 12.5. The number of nitrogens with zero attached hydrogens (tertiary/aromatic N) is 2. The SMILES string of the molecule is CCN(Cc1cccc(S(=O)(=O)[O-])c1)c1ccc(C(=C2C=CC(=[N+](CC)Cc3cccc(S(=O)(=O)O)c3)C=C2)c2ccccc2S(=O)(=O)O)cc1.[Na]. The quantitative estimate of drug-likeness (QED) is 0.109. The van der Waals surface area contributed by atoms with E-state index in [2.05, 4.69) is 0 Å². The summed E-state index contributed by atoms with van der Waals surface area (Å²) >= 11 is 0. The molecular formula is C37H36N2NaO9S3. The molecule has 0 aliphatic heterocycles. The van der Waals surface area contributed by atoms with Crippen LogP contribution in [0.3, 0.4) is 0 Å². The molecule has 52 heavy (non-hydrogen) atoms. The van der Waals surface area contributed by atoms with Gasteiger partial charge in [0, 0.05) is 71.6 Å². The van der Waals surface area contributed by atoms with Crippen molar-refractivity contribution in [2.24, 2.45) is 0 Å². The van der Waals surface area contributed by atoms with Crippen molar-refractivity contribution in [1.29, 1.82) is 0 Å². The summed E-state index contributed by atoms with van der Waals surface area (Å²) in [4.78, 5) is 1.24. The van der Waals surface area contributed by atoms with Crippen LogP contribution in [0.15, 0.2) is 142 Å². The number of hydrogen-bond acceptors (Lipinski definition) is 8. The Balaban J connectivity index is 0.00000605. The Labute approximate surface area is 326 Å². The van der Waals surface area contributed by atoms with E-state index in [0.29, 0.717) is 54.0 Å². The fourth-order valence-electron chi connectivity index (χ4n) is 5.87. The first kappa shape index (κ1) is 41.1. The summed E-state index contributed by atoms with van der Waals surface area (Å²) in [5.41, 5.74) is 5.08. The second-order valence-corrected chi connectivity index (χ2v) is 15.9. The predicted octanol–water partition coefficient (Wildman–Crippen LogP) is 5.33. The third-order valence-corrected chi connectivity index (χ3v) is 11.0. The van der Waals surface area contributed by atoms with Crippen molar-refractivity contribution in [3.63, 3.8) is 0 Å². The Morgan fingerprint density at radius 2 is 1.31 bits per heavy atom. The molecule has 0 heterocycles. The molecule has 1 aliphatic rings. The van der Waals surface area contributed by atoms with Crippen LogP contribution in [-0.2, 0) is 43.4 Å². The Hall–Kier alpha value is -3.70. The number of hydrogen-bond donors (Lipinski definition) is 2. The molecule has 0 unspecified atom stereocenters. The predicted molar refractivity (Wildman–Crippen MR) is 200 cm³/mol. The summed E-state index contributed by atoms with van der Waals surface area (Å²) in [6.45, 7) is 5.71. The summed E-state index contributed by atoms with van der Waals surface area (Å²) in [6, 6.07) is 25.5. The van der Waals surface area contributed by atoms with Crippen molar-refractivity contribution in [2.45, 2.75) is 41.6 Å². The van der Waals surface area contributed by atoms with Gasteiger partial charge in [0.15, 0.2) is 12.3 Å². The molecule has 0 saturated heterocycles. The summed E-state index contributed by atoms with van der Waals surface area (Å²) in [6.07, 6.45) is 7.41. The molecule has 0 saturated carbocycles. The molecule has 0 bridgehead atoms. The van der Waals surface area contributed by atoms with E-state index in [1.165, 1.54) is 42.5 Å². The third kappa shape index (κ3) is 10.0. The van der Waals surface area contributed by atoms with Crippen molar-refractivity contribution in [3.8, 4) is 0 Å². The average Bonchev–Trinajstić information content (AvgIpc) is 3.10. The molecule has 2 N–H and O–H groups in total. The van der Waals surface area contributed by atoms with E-state index >= 15 is 0 Å². The van der Waals surface area contributed by atoms with Gasteiger partial charge in [0.25, 0.3) is 20.2 Å². The van der Waals surface area contributed by atoms with E-state index in [1.807, 2.05) is 71.9 Å². The van der Waals surface area contributed by atoms with Crippen molar-refractivity contribution < 1.29 is 43.5 Å². The molecule has 5 rings (SSSR count). The first-order valence-electron chi connectivity index (χ1n) is 15.8. The number of rotatable bonds is 12. The summed E-state index contributed by atoms with van der Waals surface area (Å²) in [7, 11) is -13.6. The van der Waals surface area contributed by atoms with Crippen LogP contribution in [0.1, 0.15) is 36.1 Å². The van der Waals surface area contributed by atoms with Crippen LogP contribution in [-0.4, -0.2) is 91.8 Å². The molecule has 4 aromatic carbocycles. The Bertz CT molecular complexity index is 2400. The van der Waals surface area contributed by atoms with Gasteiger partial charge in [0.2, 0.25) is 0 Å². The van der Waals surface area contributed by atoms with Gasteiger partial charge in [-0.15, -0.1) is 0 Å². The van der Waals surface area contributed by atoms with Crippen LogP contribution in [0, 0.1) is 0 Å². The van der Waals surface area contributed by atoms with Gasteiger partial charge in [-0.05, 0) is 90.7 Å². The Morgan fingerprint density at radius 3 is 1.88 bits per heavy atom. The van der Waals surface area contributed by atoms with Crippen LogP contribution in [0.4, 0.5) is 5.69 Å². The van der Waals surface area contributed by atoms with E-state index in [9.17, 15) is 38.9 Å². The van der Waals surface area contributed by atoms with Gasteiger partial charge < -0.3 is 9.45 Å². The molecule has 267 valence electrons. The molecule has 0 amide bonds. The maximum absolute atomic E-state index is 12.5. The van der Waals surface area contributed by atoms with Gasteiger partial charge >= 0.3 is 0 Å². The minimum Gasteiger partial charge on any atom is -0.744 e. The van der Waals surface area contributed by atoms with Crippen LogP contribution >= 0.6 is 0 Å². The summed E-state index contributed by atoms with van der Waals surface area (Å²) in [5.74, 6) is 0. The molecule has 1 radical (unpaired) electrons. The molecule has 0 aromatic heterocycles. The molecule has 4 aromatic rings. The minimum absolute atomic E-state index is 0. The second kappa shape index (κ2) is 17.0. The zero-order valence-corrected chi connectivity index (χ0v) is 33.2. The van der Waals surface area contributed by atoms with Crippen molar-refractivity contribution in [1.82, 2.24) is 0 Å². The molecular weight excluding hydrogens is 736 g/mol. The fraction of sp³-hybridized carbons (Fsp3) is 0.162. The van der Waals surface area contributed by atoms with E-state index in [1.54, 1.807) is 30.3 Å².